The molecule has 1 aliphatic rings. The molecule has 0 spiro atoms. The maximum atomic E-state index is 11.8. The molecule has 0 aromatic heterocycles. The predicted octanol–water partition coefficient (Wildman–Crippen LogP) is 1.01. The highest BCUT2D eigenvalue weighted by Gasteiger charge is 2.21. The van der Waals surface area contributed by atoms with Gasteiger partial charge in [-0.2, -0.15) is 0 Å². The van der Waals surface area contributed by atoms with E-state index in [4.69, 9.17) is 9.47 Å². The molecule has 1 heterocycles. The van der Waals surface area contributed by atoms with Gasteiger partial charge in [0.15, 0.2) is 0 Å². The van der Waals surface area contributed by atoms with Crippen molar-refractivity contribution in [1.82, 2.24) is 4.90 Å². The zero-order valence-corrected chi connectivity index (χ0v) is 11.5. The Morgan fingerprint density at radius 1 is 1.33 bits per heavy atom. The number of hydrogen-bond acceptors (Lipinski definition) is 4. The van der Waals surface area contributed by atoms with Gasteiger partial charge in [-0.15, -0.1) is 0 Å². The van der Waals surface area contributed by atoms with Crippen molar-refractivity contribution >= 4 is 11.7 Å². The van der Waals surface area contributed by atoms with E-state index in [2.05, 4.69) is 0 Å². The van der Waals surface area contributed by atoms with Crippen LogP contribution in [0.25, 0.3) is 0 Å². The van der Waals surface area contributed by atoms with Gasteiger partial charge in [0.25, 0.3) is 0 Å². The molecule has 1 aliphatic heterocycles. The Bertz CT molecular complexity index is 291. The number of ether oxygens (including phenoxy) is 2. The van der Waals surface area contributed by atoms with Crippen LogP contribution in [0.2, 0.25) is 0 Å². The van der Waals surface area contributed by atoms with E-state index in [-0.39, 0.29) is 23.9 Å². The summed E-state index contributed by atoms with van der Waals surface area (Å²) in [7, 11) is 1.66. The average molecular weight is 257 g/mol. The average Bonchev–Trinajstić information content (AvgIpc) is 2.35. The second-order valence-electron chi connectivity index (χ2n) is 5.19. The van der Waals surface area contributed by atoms with Crippen molar-refractivity contribution in [3.8, 4) is 0 Å². The summed E-state index contributed by atoms with van der Waals surface area (Å²) in [5.74, 6) is 0.208. The van der Waals surface area contributed by atoms with E-state index in [9.17, 15) is 9.59 Å². The van der Waals surface area contributed by atoms with Crippen molar-refractivity contribution in [3.05, 3.63) is 0 Å². The lowest BCUT2D eigenvalue weighted by molar-refractivity contribution is -0.139. The van der Waals surface area contributed by atoms with Gasteiger partial charge < -0.3 is 14.4 Å². The second-order valence-corrected chi connectivity index (χ2v) is 5.19. The number of Topliss-reactive ketones (excluding diaryl/α,β-unsaturated/α-hetero) is 1. The number of piperidine rings is 1. The Balaban J connectivity index is 2.16. The first-order chi connectivity index (χ1) is 8.44. The number of hydrogen-bond donors (Lipinski definition) is 0. The van der Waals surface area contributed by atoms with Gasteiger partial charge in [-0.25, -0.2) is 0 Å². The Labute approximate surface area is 108 Å². The summed E-state index contributed by atoms with van der Waals surface area (Å²) in [6.45, 7) is 5.62. The SMILES string of the molecule is COC(C)(C)CCOCC(=O)N1CCC(=O)CC1. The van der Waals surface area contributed by atoms with E-state index < -0.39 is 0 Å². The van der Waals surface area contributed by atoms with E-state index in [1.165, 1.54) is 0 Å². The van der Waals surface area contributed by atoms with Crippen LogP contribution in [0.5, 0.6) is 0 Å². The fourth-order valence-corrected chi connectivity index (χ4v) is 1.68. The number of nitrogens with zero attached hydrogens (tertiary/aromatic N) is 1. The Kier molecular flexibility index (Phi) is 5.75. The molecular weight excluding hydrogens is 234 g/mol. The zero-order chi connectivity index (χ0) is 13.6. The van der Waals surface area contributed by atoms with E-state index in [0.29, 0.717) is 32.5 Å². The molecule has 1 fully saturated rings. The minimum atomic E-state index is -0.222. The van der Waals surface area contributed by atoms with Gasteiger partial charge in [-0.05, 0) is 20.3 Å². The van der Waals surface area contributed by atoms with E-state index >= 15 is 0 Å². The number of carbonyl (C=O) groups is 2. The van der Waals surface area contributed by atoms with Crippen LogP contribution in [-0.2, 0) is 19.1 Å². The largest absolute Gasteiger partial charge is 0.379 e. The number of ketones is 1. The van der Waals surface area contributed by atoms with Gasteiger partial charge in [-0.3, -0.25) is 9.59 Å². The number of carbonyl (C=O) groups excluding carboxylic acids is 2. The lowest BCUT2D eigenvalue weighted by Crippen LogP contribution is -2.40. The highest BCUT2D eigenvalue weighted by atomic mass is 16.5. The number of amides is 1. The summed E-state index contributed by atoms with van der Waals surface area (Å²) in [5, 5.41) is 0. The molecule has 1 rings (SSSR count). The summed E-state index contributed by atoms with van der Waals surface area (Å²) < 4.78 is 10.6. The molecule has 0 aromatic rings. The van der Waals surface area contributed by atoms with Crippen molar-refractivity contribution in [3.63, 3.8) is 0 Å². The Morgan fingerprint density at radius 3 is 2.50 bits per heavy atom. The van der Waals surface area contributed by atoms with Gasteiger partial charge in [0.1, 0.15) is 12.4 Å². The predicted molar refractivity (Wildman–Crippen MR) is 67.3 cm³/mol. The maximum absolute atomic E-state index is 11.8. The van der Waals surface area contributed by atoms with Crippen molar-refractivity contribution in [2.75, 3.05) is 33.4 Å². The van der Waals surface area contributed by atoms with Crippen LogP contribution in [0.4, 0.5) is 0 Å². The van der Waals surface area contributed by atoms with E-state index in [0.717, 1.165) is 6.42 Å². The highest BCUT2D eigenvalue weighted by molar-refractivity contribution is 5.83. The molecule has 5 heteroatoms. The summed E-state index contributed by atoms with van der Waals surface area (Å²) in [5.41, 5.74) is -0.222. The second kappa shape index (κ2) is 6.85. The minimum Gasteiger partial charge on any atom is -0.379 e. The summed E-state index contributed by atoms with van der Waals surface area (Å²) in [6.07, 6.45) is 1.69. The molecule has 1 amide bonds. The van der Waals surface area contributed by atoms with Crippen LogP contribution in [0, 0.1) is 0 Å². The van der Waals surface area contributed by atoms with Gasteiger partial charge in [0.2, 0.25) is 5.91 Å². The molecule has 0 bridgehead atoms. The third-order valence-corrected chi connectivity index (χ3v) is 3.30. The molecule has 0 aromatic carbocycles. The monoisotopic (exact) mass is 257 g/mol. The van der Waals surface area contributed by atoms with Crippen molar-refractivity contribution < 1.29 is 19.1 Å². The topological polar surface area (TPSA) is 55.8 Å². The third kappa shape index (κ3) is 5.14. The standard InChI is InChI=1S/C13H23NO4/c1-13(2,17-3)6-9-18-10-12(16)14-7-4-11(15)5-8-14/h4-10H2,1-3H3. The van der Waals surface area contributed by atoms with Crippen LogP contribution in [-0.4, -0.2) is 55.6 Å². The molecule has 5 nitrogen and oxygen atoms in total. The fourth-order valence-electron chi connectivity index (χ4n) is 1.68. The van der Waals surface area contributed by atoms with Crippen LogP contribution in [0.15, 0.2) is 0 Å². The van der Waals surface area contributed by atoms with E-state index in [1.54, 1.807) is 12.0 Å². The molecule has 0 atom stereocenters. The Morgan fingerprint density at radius 2 is 1.94 bits per heavy atom. The smallest absolute Gasteiger partial charge is 0.248 e. The Hall–Kier alpha value is -0.940. The summed E-state index contributed by atoms with van der Waals surface area (Å²) in [6, 6.07) is 0. The van der Waals surface area contributed by atoms with Gasteiger partial charge in [0.05, 0.1) is 5.60 Å². The quantitative estimate of drug-likeness (QED) is 0.666. The molecular formula is C13H23NO4. The molecule has 1 saturated heterocycles. The molecule has 0 aliphatic carbocycles. The van der Waals surface area contributed by atoms with Crippen molar-refractivity contribution in [2.45, 2.75) is 38.7 Å². The molecule has 0 saturated carbocycles. The first-order valence-corrected chi connectivity index (χ1v) is 6.37. The highest BCUT2D eigenvalue weighted by Crippen LogP contribution is 2.12. The van der Waals surface area contributed by atoms with Crippen molar-refractivity contribution in [1.29, 1.82) is 0 Å². The van der Waals surface area contributed by atoms with Crippen LogP contribution >= 0.6 is 0 Å². The number of likely N-dealkylation sites (tertiary alicyclic amines) is 1. The zero-order valence-electron chi connectivity index (χ0n) is 11.5. The van der Waals surface area contributed by atoms with Crippen LogP contribution in [0.1, 0.15) is 33.1 Å². The normalized spacial score (nSPS) is 17.1. The van der Waals surface area contributed by atoms with Crippen LogP contribution in [0.3, 0.4) is 0 Å². The number of rotatable bonds is 6. The van der Waals surface area contributed by atoms with Gasteiger partial charge in [-0.1, -0.05) is 0 Å². The lowest BCUT2D eigenvalue weighted by atomic mass is 10.1. The molecule has 18 heavy (non-hydrogen) atoms. The molecule has 0 radical (unpaired) electrons. The molecule has 104 valence electrons. The third-order valence-electron chi connectivity index (χ3n) is 3.30. The van der Waals surface area contributed by atoms with E-state index in [1.807, 2.05) is 13.8 Å². The van der Waals surface area contributed by atoms with Crippen molar-refractivity contribution in [2.24, 2.45) is 0 Å². The van der Waals surface area contributed by atoms with Crippen LogP contribution < -0.4 is 0 Å². The first-order valence-electron chi connectivity index (χ1n) is 6.37. The number of methoxy groups -OCH3 is 1. The molecule has 0 unspecified atom stereocenters. The first kappa shape index (κ1) is 15.1. The minimum absolute atomic E-state index is 0.0299. The molecule has 0 N–H and O–H groups in total. The van der Waals surface area contributed by atoms with Gasteiger partial charge >= 0.3 is 0 Å². The summed E-state index contributed by atoms with van der Waals surface area (Å²) >= 11 is 0. The fraction of sp³-hybridized carbons (Fsp3) is 0.846. The maximum Gasteiger partial charge on any atom is 0.248 e. The van der Waals surface area contributed by atoms with Gasteiger partial charge in [0, 0.05) is 39.6 Å². The lowest BCUT2D eigenvalue weighted by Gasteiger charge is -2.26. The summed E-state index contributed by atoms with van der Waals surface area (Å²) in [4.78, 5) is 24.5.